The van der Waals surface area contributed by atoms with E-state index in [-0.39, 0.29) is 11.6 Å². The minimum Gasteiger partial charge on any atom is -0.345 e. The van der Waals surface area contributed by atoms with Gasteiger partial charge in [0.15, 0.2) is 0 Å². The predicted octanol–water partition coefficient (Wildman–Crippen LogP) is 3.55. The molecule has 1 rings (SSSR count). The quantitative estimate of drug-likeness (QED) is 0.366. The monoisotopic (exact) mass is 357 g/mol. The SMILES string of the molecule is C=C/C=C(\C=C)C(C)NC(=O)/C(C#N)=C/c1ccc(Br)nc1. The third kappa shape index (κ3) is 5.15. The molecule has 0 radical (unpaired) electrons. The van der Waals surface area contributed by atoms with Gasteiger partial charge in [-0.15, -0.1) is 0 Å². The molecule has 0 spiro atoms. The van der Waals surface area contributed by atoms with Gasteiger partial charge in [-0.05, 0) is 46.1 Å². The Morgan fingerprint density at radius 1 is 1.50 bits per heavy atom. The third-order valence-corrected chi connectivity index (χ3v) is 3.29. The van der Waals surface area contributed by atoms with Crippen molar-refractivity contribution in [3.8, 4) is 6.07 Å². The van der Waals surface area contributed by atoms with Crippen LogP contribution in [0, 0.1) is 11.3 Å². The molecule has 22 heavy (non-hydrogen) atoms. The van der Waals surface area contributed by atoms with Crippen LogP contribution in [0.1, 0.15) is 12.5 Å². The van der Waals surface area contributed by atoms with E-state index in [4.69, 9.17) is 5.26 Å². The third-order valence-electron chi connectivity index (χ3n) is 2.82. The van der Waals surface area contributed by atoms with E-state index in [1.807, 2.05) is 13.0 Å². The average Bonchev–Trinajstić information content (AvgIpc) is 2.51. The summed E-state index contributed by atoms with van der Waals surface area (Å²) in [6, 6.07) is 5.13. The van der Waals surface area contributed by atoms with Crippen molar-refractivity contribution in [2.75, 3.05) is 0 Å². The van der Waals surface area contributed by atoms with Crippen molar-refractivity contribution < 1.29 is 4.79 Å². The summed E-state index contributed by atoms with van der Waals surface area (Å²) in [5.41, 5.74) is 1.50. The minimum atomic E-state index is -0.449. The fraction of sp³-hybridized carbons (Fsp3) is 0.118. The Labute approximate surface area is 138 Å². The Morgan fingerprint density at radius 3 is 2.73 bits per heavy atom. The second kappa shape index (κ2) is 8.75. The first-order valence-electron chi connectivity index (χ1n) is 6.51. The van der Waals surface area contributed by atoms with Gasteiger partial charge in [-0.1, -0.05) is 37.5 Å². The highest BCUT2D eigenvalue weighted by Crippen LogP contribution is 2.11. The van der Waals surface area contributed by atoms with E-state index in [1.54, 1.807) is 36.6 Å². The molecule has 0 saturated carbocycles. The van der Waals surface area contributed by atoms with Crippen molar-refractivity contribution in [2.24, 2.45) is 0 Å². The molecule has 0 fully saturated rings. The number of rotatable bonds is 6. The summed E-state index contributed by atoms with van der Waals surface area (Å²) in [4.78, 5) is 16.2. The maximum Gasteiger partial charge on any atom is 0.262 e. The topological polar surface area (TPSA) is 65.8 Å². The van der Waals surface area contributed by atoms with Crippen LogP contribution in [0.25, 0.3) is 6.08 Å². The van der Waals surface area contributed by atoms with Gasteiger partial charge in [0.05, 0.1) is 6.04 Å². The number of nitriles is 1. The summed E-state index contributed by atoms with van der Waals surface area (Å²) in [7, 11) is 0. The van der Waals surface area contributed by atoms with E-state index in [9.17, 15) is 4.79 Å². The summed E-state index contributed by atoms with van der Waals surface area (Å²) in [5.74, 6) is -0.449. The summed E-state index contributed by atoms with van der Waals surface area (Å²) in [6.45, 7) is 9.11. The lowest BCUT2D eigenvalue weighted by Gasteiger charge is -2.14. The number of hydrogen-bond donors (Lipinski definition) is 1. The predicted molar refractivity (Wildman–Crippen MR) is 91.6 cm³/mol. The van der Waals surface area contributed by atoms with Crippen LogP contribution in [-0.4, -0.2) is 16.9 Å². The minimum absolute atomic E-state index is 0.0120. The normalized spacial score (nSPS) is 13.0. The largest absolute Gasteiger partial charge is 0.345 e. The van der Waals surface area contributed by atoms with E-state index < -0.39 is 5.91 Å². The zero-order chi connectivity index (χ0) is 16.5. The first kappa shape index (κ1) is 17.6. The number of carbonyl (C=O) groups excluding carboxylic acids is 1. The van der Waals surface area contributed by atoms with Crippen LogP contribution in [0.5, 0.6) is 0 Å². The van der Waals surface area contributed by atoms with E-state index in [1.165, 1.54) is 6.08 Å². The number of amides is 1. The standard InChI is InChI=1S/C17H16BrN3O/c1-4-6-14(5-2)12(3)21-17(22)15(10-19)9-13-7-8-16(18)20-11-13/h4-9,11-12H,1-2H2,3H3,(H,21,22)/b14-6+,15-9+. The highest BCUT2D eigenvalue weighted by atomic mass is 79.9. The van der Waals surface area contributed by atoms with Gasteiger partial charge >= 0.3 is 0 Å². The zero-order valence-electron chi connectivity index (χ0n) is 12.2. The van der Waals surface area contributed by atoms with Crippen molar-refractivity contribution in [1.82, 2.24) is 10.3 Å². The van der Waals surface area contributed by atoms with Gasteiger partial charge in [0.2, 0.25) is 0 Å². The first-order chi connectivity index (χ1) is 10.5. The van der Waals surface area contributed by atoms with Crippen molar-refractivity contribution in [1.29, 1.82) is 5.26 Å². The molecular formula is C17H16BrN3O. The molecule has 0 aliphatic rings. The van der Waals surface area contributed by atoms with Crippen LogP contribution < -0.4 is 5.32 Å². The number of halogens is 1. The zero-order valence-corrected chi connectivity index (χ0v) is 13.8. The number of hydrogen-bond acceptors (Lipinski definition) is 3. The van der Waals surface area contributed by atoms with E-state index in [2.05, 4.69) is 39.4 Å². The number of allylic oxidation sites excluding steroid dienone is 2. The van der Waals surface area contributed by atoms with Gasteiger partial charge < -0.3 is 5.32 Å². The Hall–Kier alpha value is -2.45. The fourth-order valence-corrected chi connectivity index (χ4v) is 1.91. The van der Waals surface area contributed by atoms with E-state index >= 15 is 0 Å². The fourth-order valence-electron chi connectivity index (χ4n) is 1.67. The van der Waals surface area contributed by atoms with Crippen molar-refractivity contribution in [2.45, 2.75) is 13.0 Å². The Kier molecular flexibility index (Phi) is 7.00. The van der Waals surface area contributed by atoms with Crippen LogP contribution in [0.3, 0.4) is 0 Å². The number of nitrogens with zero attached hydrogens (tertiary/aromatic N) is 2. The molecule has 1 amide bonds. The summed E-state index contributed by atoms with van der Waals surface area (Å²) < 4.78 is 0.686. The van der Waals surface area contributed by atoms with Gasteiger partial charge in [-0.3, -0.25) is 4.79 Å². The lowest BCUT2D eigenvalue weighted by Crippen LogP contribution is -2.34. The second-order valence-corrected chi connectivity index (χ2v) is 5.20. The van der Waals surface area contributed by atoms with Gasteiger partial charge in [0.25, 0.3) is 5.91 Å². The average molecular weight is 358 g/mol. The number of nitrogens with one attached hydrogen (secondary N) is 1. The van der Waals surface area contributed by atoms with Gasteiger partial charge in [-0.2, -0.15) is 5.26 Å². The van der Waals surface area contributed by atoms with Crippen molar-refractivity contribution in [3.63, 3.8) is 0 Å². The molecule has 0 aliphatic carbocycles. The summed E-state index contributed by atoms with van der Waals surface area (Å²) in [5, 5.41) is 11.9. The molecule has 1 aromatic heterocycles. The Bertz CT molecular complexity index is 666. The Morgan fingerprint density at radius 2 is 2.23 bits per heavy atom. The van der Waals surface area contributed by atoms with Crippen LogP contribution in [0.15, 0.2) is 65.5 Å². The molecule has 1 aromatic rings. The highest BCUT2D eigenvalue weighted by molar-refractivity contribution is 9.10. The van der Waals surface area contributed by atoms with E-state index in [0.717, 1.165) is 5.57 Å². The number of aromatic nitrogens is 1. The van der Waals surface area contributed by atoms with Crippen LogP contribution in [0.2, 0.25) is 0 Å². The lowest BCUT2D eigenvalue weighted by molar-refractivity contribution is -0.117. The number of carbonyl (C=O) groups is 1. The van der Waals surface area contributed by atoms with Gasteiger partial charge in [0.1, 0.15) is 16.2 Å². The molecule has 112 valence electrons. The summed E-state index contributed by atoms with van der Waals surface area (Å²) in [6.07, 6.45) is 8.08. The second-order valence-electron chi connectivity index (χ2n) is 4.39. The smallest absolute Gasteiger partial charge is 0.262 e. The molecule has 0 aliphatic heterocycles. The first-order valence-corrected chi connectivity index (χ1v) is 7.30. The molecule has 1 atom stereocenters. The number of pyridine rings is 1. The van der Waals surface area contributed by atoms with Gasteiger partial charge in [-0.25, -0.2) is 4.98 Å². The van der Waals surface area contributed by atoms with Crippen LogP contribution in [-0.2, 0) is 4.79 Å². The van der Waals surface area contributed by atoms with Crippen molar-refractivity contribution >= 4 is 27.9 Å². The molecule has 1 heterocycles. The maximum absolute atomic E-state index is 12.2. The summed E-state index contributed by atoms with van der Waals surface area (Å²) >= 11 is 3.23. The Balaban J connectivity index is 2.91. The van der Waals surface area contributed by atoms with Crippen LogP contribution in [0.4, 0.5) is 0 Å². The molecule has 5 heteroatoms. The molecule has 1 unspecified atom stereocenters. The molecule has 0 saturated heterocycles. The van der Waals surface area contributed by atoms with Crippen LogP contribution >= 0.6 is 15.9 Å². The molecule has 0 bridgehead atoms. The molecule has 1 N–H and O–H groups in total. The maximum atomic E-state index is 12.2. The van der Waals surface area contributed by atoms with E-state index in [0.29, 0.717) is 10.2 Å². The van der Waals surface area contributed by atoms with Crippen molar-refractivity contribution in [3.05, 3.63) is 71.0 Å². The molecule has 0 aromatic carbocycles. The highest BCUT2D eigenvalue weighted by Gasteiger charge is 2.14. The van der Waals surface area contributed by atoms with Gasteiger partial charge in [0, 0.05) is 6.20 Å². The molecule has 4 nitrogen and oxygen atoms in total. The lowest BCUT2D eigenvalue weighted by atomic mass is 10.1. The molecular weight excluding hydrogens is 342 g/mol.